The molecule has 1 aromatic rings. The number of methoxy groups -OCH3 is 1. The minimum absolute atomic E-state index is 0.508. The van der Waals surface area contributed by atoms with E-state index in [9.17, 15) is 0 Å². The van der Waals surface area contributed by atoms with E-state index in [2.05, 4.69) is 4.98 Å². The average molecular weight is 177 g/mol. The average Bonchev–Trinajstić information content (AvgIpc) is 2.18. The third kappa shape index (κ3) is 2.64. The molecular formula is C9H11N3O. The highest BCUT2D eigenvalue weighted by Gasteiger charge is 1.99. The summed E-state index contributed by atoms with van der Waals surface area (Å²) >= 11 is 0. The van der Waals surface area contributed by atoms with Crippen LogP contribution in [-0.4, -0.2) is 24.0 Å². The molecule has 0 saturated heterocycles. The first-order valence-electron chi connectivity index (χ1n) is 3.87. The Bertz CT molecular complexity index is 319. The molecule has 68 valence electrons. The van der Waals surface area contributed by atoms with E-state index in [0.29, 0.717) is 12.4 Å². The second-order valence-electron chi connectivity index (χ2n) is 2.63. The lowest BCUT2D eigenvalue weighted by molar-refractivity contribution is 0.391. The molecule has 0 radical (unpaired) electrons. The lowest BCUT2D eigenvalue weighted by atomic mass is 10.3. The molecule has 0 aromatic carbocycles. The highest BCUT2D eigenvalue weighted by atomic mass is 16.5. The fourth-order valence-corrected chi connectivity index (χ4v) is 0.938. The number of hydrogen-bond donors (Lipinski definition) is 0. The summed E-state index contributed by atoms with van der Waals surface area (Å²) in [5.74, 6) is 0.573. The predicted molar refractivity (Wildman–Crippen MR) is 47.9 cm³/mol. The Morgan fingerprint density at radius 2 is 2.38 bits per heavy atom. The summed E-state index contributed by atoms with van der Waals surface area (Å²) in [6.45, 7) is 0.508. The Morgan fingerprint density at radius 3 is 3.00 bits per heavy atom. The number of nitriles is 1. The summed E-state index contributed by atoms with van der Waals surface area (Å²) in [4.78, 5) is 5.67. The zero-order valence-electron chi connectivity index (χ0n) is 7.69. The van der Waals surface area contributed by atoms with Crippen LogP contribution in [0.3, 0.4) is 0 Å². The molecule has 0 amide bonds. The molecule has 0 aliphatic rings. The van der Waals surface area contributed by atoms with Gasteiger partial charge in [-0.3, -0.25) is 0 Å². The van der Waals surface area contributed by atoms with Gasteiger partial charge in [0.25, 0.3) is 0 Å². The molecule has 4 nitrogen and oxygen atoms in total. The van der Waals surface area contributed by atoms with Crippen LogP contribution in [0, 0.1) is 11.5 Å². The van der Waals surface area contributed by atoms with Crippen LogP contribution in [0.4, 0.5) is 0 Å². The fraction of sp³-hybridized carbons (Fsp3) is 0.333. The van der Waals surface area contributed by atoms with Crippen molar-refractivity contribution in [2.45, 2.75) is 6.54 Å². The summed E-state index contributed by atoms with van der Waals surface area (Å²) in [5, 5.41) is 8.54. The van der Waals surface area contributed by atoms with Crippen molar-refractivity contribution in [1.82, 2.24) is 9.88 Å². The van der Waals surface area contributed by atoms with Crippen LogP contribution in [0.2, 0.25) is 0 Å². The van der Waals surface area contributed by atoms with Crippen molar-refractivity contribution in [3.05, 3.63) is 23.9 Å². The molecule has 13 heavy (non-hydrogen) atoms. The van der Waals surface area contributed by atoms with E-state index < -0.39 is 0 Å². The van der Waals surface area contributed by atoms with Gasteiger partial charge in [0, 0.05) is 13.1 Å². The molecule has 4 heteroatoms. The van der Waals surface area contributed by atoms with Gasteiger partial charge in [0.05, 0.1) is 19.3 Å². The van der Waals surface area contributed by atoms with E-state index in [4.69, 9.17) is 10.00 Å². The normalized spacial score (nSPS) is 9.00. The number of ether oxygens (including phenoxy) is 1. The summed E-state index contributed by atoms with van der Waals surface area (Å²) in [6.07, 6.45) is 2.00. The molecule has 0 aliphatic carbocycles. The van der Waals surface area contributed by atoms with Gasteiger partial charge in [-0.1, -0.05) is 6.07 Å². The monoisotopic (exact) mass is 177 g/mol. The van der Waals surface area contributed by atoms with Crippen molar-refractivity contribution in [2.75, 3.05) is 14.2 Å². The van der Waals surface area contributed by atoms with E-state index in [1.807, 2.05) is 18.3 Å². The quantitative estimate of drug-likeness (QED) is 0.510. The zero-order chi connectivity index (χ0) is 9.68. The largest absolute Gasteiger partial charge is 0.481 e. The second-order valence-corrected chi connectivity index (χ2v) is 2.63. The van der Waals surface area contributed by atoms with E-state index in [0.717, 1.165) is 5.69 Å². The Balaban J connectivity index is 2.73. The van der Waals surface area contributed by atoms with Gasteiger partial charge in [-0.05, 0) is 6.07 Å². The van der Waals surface area contributed by atoms with E-state index in [-0.39, 0.29) is 0 Å². The fourth-order valence-electron chi connectivity index (χ4n) is 0.938. The standard InChI is InChI=1S/C9H11N3O/c1-12(7-10)6-8-4-3-5-9(11-8)13-2/h3-5H,6H2,1-2H3. The lowest BCUT2D eigenvalue weighted by Gasteiger charge is -2.08. The van der Waals surface area contributed by atoms with Gasteiger partial charge in [0.1, 0.15) is 0 Å². The zero-order valence-corrected chi connectivity index (χ0v) is 7.69. The molecule has 0 bridgehead atoms. The van der Waals surface area contributed by atoms with Crippen molar-refractivity contribution in [1.29, 1.82) is 5.26 Å². The molecule has 1 rings (SSSR count). The van der Waals surface area contributed by atoms with Crippen LogP contribution in [0.5, 0.6) is 5.88 Å². The number of aromatic nitrogens is 1. The maximum absolute atomic E-state index is 8.54. The Labute approximate surface area is 77.4 Å². The van der Waals surface area contributed by atoms with Gasteiger partial charge in [-0.2, -0.15) is 5.26 Å². The Kier molecular flexibility index (Phi) is 3.09. The first-order chi connectivity index (χ1) is 6.26. The maximum atomic E-state index is 8.54. The summed E-state index contributed by atoms with van der Waals surface area (Å²) in [5.41, 5.74) is 0.823. The van der Waals surface area contributed by atoms with Gasteiger partial charge in [0.2, 0.25) is 5.88 Å². The minimum Gasteiger partial charge on any atom is -0.481 e. The van der Waals surface area contributed by atoms with Crippen LogP contribution in [0.15, 0.2) is 18.2 Å². The molecule has 1 heterocycles. The Morgan fingerprint density at radius 1 is 1.62 bits per heavy atom. The summed E-state index contributed by atoms with van der Waals surface area (Å²) in [6, 6.07) is 5.48. The maximum Gasteiger partial charge on any atom is 0.213 e. The van der Waals surface area contributed by atoms with Gasteiger partial charge in [0.15, 0.2) is 6.19 Å². The van der Waals surface area contributed by atoms with Gasteiger partial charge >= 0.3 is 0 Å². The molecular weight excluding hydrogens is 166 g/mol. The molecule has 0 saturated carbocycles. The van der Waals surface area contributed by atoms with Crippen LogP contribution in [-0.2, 0) is 6.54 Å². The van der Waals surface area contributed by atoms with E-state index in [1.54, 1.807) is 20.2 Å². The number of rotatable bonds is 3. The summed E-state index contributed by atoms with van der Waals surface area (Å²) < 4.78 is 4.96. The van der Waals surface area contributed by atoms with Crippen molar-refractivity contribution in [3.63, 3.8) is 0 Å². The lowest BCUT2D eigenvalue weighted by Crippen LogP contribution is -2.11. The molecule has 0 fully saturated rings. The van der Waals surface area contributed by atoms with Crippen molar-refractivity contribution in [3.8, 4) is 12.1 Å². The third-order valence-corrected chi connectivity index (χ3v) is 1.56. The smallest absolute Gasteiger partial charge is 0.213 e. The third-order valence-electron chi connectivity index (χ3n) is 1.56. The molecule has 0 aliphatic heterocycles. The van der Waals surface area contributed by atoms with E-state index >= 15 is 0 Å². The molecule has 0 spiro atoms. The van der Waals surface area contributed by atoms with Crippen molar-refractivity contribution < 1.29 is 4.74 Å². The van der Waals surface area contributed by atoms with Gasteiger partial charge in [-0.25, -0.2) is 4.98 Å². The van der Waals surface area contributed by atoms with Gasteiger partial charge in [-0.15, -0.1) is 0 Å². The molecule has 1 aromatic heterocycles. The van der Waals surface area contributed by atoms with Crippen LogP contribution < -0.4 is 4.74 Å². The summed E-state index contributed by atoms with van der Waals surface area (Å²) in [7, 11) is 3.28. The van der Waals surface area contributed by atoms with Crippen LogP contribution >= 0.6 is 0 Å². The molecule has 0 unspecified atom stereocenters. The van der Waals surface area contributed by atoms with Gasteiger partial charge < -0.3 is 9.64 Å². The highest BCUT2D eigenvalue weighted by molar-refractivity contribution is 5.15. The molecule has 0 N–H and O–H groups in total. The number of pyridine rings is 1. The highest BCUT2D eigenvalue weighted by Crippen LogP contribution is 2.07. The number of hydrogen-bond acceptors (Lipinski definition) is 4. The van der Waals surface area contributed by atoms with E-state index in [1.165, 1.54) is 4.90 Å². The SMILES string of the molecule is COc1cccc(CN(C)C#N)n1. The second kappa shape index (κ2) is 4.31. The van der Waals surface area contributed by atoms with Crippen LogP contribution in [0.1, 0.15) is 5.69 Å². The first kappa shape index (κ1) is 9.33. The number of nitrogens with zero attached hydrogens (tertiary/aromatic N) is 3. The van der Waals surface area contributed by atoms with Crippen LogP contribution in [0.25, 0.3) is 0 Å². The predicted octanol–water partition coefficient (Wildman–Crippen LogP) is 1.00. The Hall–Kier alpha value is -1.76. The first-order valence-corrected chi connectivity index (χ1v) is 3.87. The topological polar surface area (TPSA) is 49.1 Å². The van der Waals surface area contributed by atoms with Crippen molar-refractivity contribution >= 4 is 0 Å². The minimum atomic E-state index is 0.508. The molecule has 0 atom stereocenters. The van der Waals surface area contributed by atoms with Crippen molar-refractivity contribution in [2.24, 2.45) is 0 Å².